The monoisotopic (exact) mass is 445 g/mol. The summed E-state index contributed by atoms with van der Waals surface area (Å²) in [5.74, 6) is -0.474. The zero-order chi connectivity index (χ0) is 22.4. The van der Waals surface area contributed by atoms with Crippen LogP contribution in [0.5, 0.6) is 0 Å². The van der Waals surface area contributed by atoms with Crippen LogP contribution in [0.15, 0.2) is 59.8 Å². The van der Waals surface area contributed by atoms with E-state index in [2.05, 4.69) is 24.0 Å². The number of nitrogens with one attached hydrogen (secondary N) is 1. The number of unbranched alkanes of at least 4 members (excludes halogenated alkanes) is 1. The van der Waals surface area contributed by atoms with Gasteiger partial charge in [-0.3, -0.25) is 10.3 Å². The summed E-state index contributed by atoms with van der Waals surface area (Å²) in [6.07, 6.45) is 9.97. The molecule has 2 aliphatic heterocycles. The number of halogens is 2. The highest BCUT2D eigenvalue weighted by atomic mass is 35.5. The van der Waals surface area contributed by atoms with Crippen LogP contribution in [0.3, 0.4) is 0 Å². The number of allylic oxidation sites excluding steroid dienone is 5. The molecule has 0 spiro atoms. The summed E-state index contributed by atoms with van der Waals surface area (Å²) in [5.41, 5.74) is 5.67. The molecule has 7 heteroatoms. The number of ether oxygens (including phenoxy) is 1. The maximum absolute atomic E-state index is 13.8. The lowest BCUT2D eigenvalue weighted by molar-refractivity contribution is 0.000937. The highest BCUT2D eigenvalue weighted by Gasteiger charge is 2.41. The van der Waals surface area contributed by atoms with E-state index in [1.165, 1.54) is 12.1 Å². The Hall–Kier alpha value is -2.60. The lowest BCUT2D eigenvalue weighted by Crippen LogP contribution is -2.52. The summed E-state index contributed by atoms with van der Waals surface area (Å²) in [4.78, 5) is 14.6. The van der Waals surface area contributed by atoms with E-state index < -0.39 is 18.0 Å². The minimum absolute atomic E-state index is 0.0411. The molecule has 5 nitrogen and oxygen atoms in total. The number of rotatable bonds is 8. The topological polar surface area (TPSA) is 53.9 Å². The highest BCUT2D eigenvalue weighted by Crippen LogP contribution is 2.33. The summed E-state index contributed by atoms with van der Waals surface area (Å²) in [6, 6.07) is 4.51. The predicted molar refractivity (Wildman–Crippen MR) is 122 cm³/mol. The van der Waals surface area contributed by atoms with Gasteiger partial charge >= 0.3 is 6.09 Å². The van der Waals surface area contributed by atoms with Crippen LogP contribution in [0.2, 0.25) is 5.02 Å². The number of hydrazone groups is 1. The van der Waals surface area contributed by atoms with Crippen molar-refractivity contribution in [2.75, 3.05) is 6.54 Å². The first-order chi connectivity index (χ1) is 15.0. The number of nitrogens with zero attached hydrogens (tertiary/aromatic N) is 2. The van der Waals surface area contributed by atoms with E-state index in [0.717, 1.165) is 30.5 Å². The van der Waals surface area contributed by atoms with Gasteiger partial charge in [-0.05, 0) is 36.6 Å². The molecular formula is C24H29ClFN3O2. The summed E-state index contributed by atoms with van der Waals surface area (Å²) < 4.78 is 19.5. The Kier molecular flexibility index (Phi) is 7.91. The molecule has 0 saturated carbocycles. The first-order valence-electron chi connectivity index (χ1n) is 10.7. The second kappa shape index (κ2) is 10.6. The zero-order valence-electron chi connectivity index (χ0n) is 18.0. The number of hydrogen-bond donors (Lipinski definition) is 1. The van der Waals surface area contributed by atoms with Gasteiger partial charge in [0.05, 0.1) is 10.7 Å². The van der Waals surface area contributed by atoms with Gasteiger partial charge in [-0.1, -0.05) is 68.3 Å². The van der Waals surface area contributed by atoms with Gasteiger partial charge in [0.2, 0.25) is 0 Å². The predicted octanol–water partition coefficient (Wildman–Crippen LogP) is 6.14. The zero-order valence-corrected chi connectivity index (χ0v) is 18.7. The maximum atomic E-state index is 13.8. The first-order valence-corrected chi connectivity index (χ1v) is 11.1. The standard InChI is InChI=1S/C24H29ClFN3O2/c1-4-7-10-18-22(16(8-5-2)9-6-3)27-28-23(18)29-14-13-21(31-24(29)30)17-11-12-19(25)20(26)15-17/h5-6,8-9,11-12,15,18,21,23,28H,2,4,7,10,13-14H2,1,3H3/b9-6-,16-8+. The Labute approximate surface area is 188 Å². The molecule has 2 aliphatic rings. The van der Waals surface area contributed by atoms with Gasteiger partial charge in [0.15, 0.2) is 0 Å². The van der Waals surface area contributed by atoms with Crippen molar-refractivity contribution < 1.29 is 13.9 Å². The van der Waals surface area contributed by atoms with Crippen molar-refractivity contribution in [2.24, 2.45) is 11.0 Å². The second-order valence-corrected chi connectivity index (χ2v) is 8.11. The largest absolute Gasteiger partial charge is 0.441 e. The third kappa shape index (κ3) is 5.18. The lowest BCUT2D eigenvalue weighted by Gasteiger charge is -2.37. The quantitative estimate of drug-likeness (QED) is 0.489. The minimum Gasteiger partial charge on any atom is -0.441 e. The molecule has 0 aromatic heterocycles. The molecule has 3 unspecified atom stereocenters. The Bertz CT molecular complexity index is 912. The summed E-state index contributed by atoms with van der Waals surface area (Å²) in [6.45, 7) is 8.40. The Morgan fingerprint density at radius 2 is 2.29 bits per heavy atom. The van der Waals surface area contributed by atoms with Crippen molar-refractivity contribution >= 4 is 23.4 Å². The van der Waals surface area contributed by atoms with Crippen LogP contribution in [-0.2, 0) is 4.74 Å². The molecule has 1 N–H and O–H groups in total. The molecule has 0 aliphatic carbocycles. The van der Waals surface area contributed by atoms with Gasteiger partial charge in [-0.15, -0.1) is 0 Å². The Morgan fingerprint density at radius 1 is 1.48 bits per heavy atom. The maximum Gasteiger partial charge on any atom is 0.412 e. The third-order valence-corrected chi connectivity index (χ3v) is 5.93. The van der Waals surface area contributed by atoms with Crippen molar-refractivity contribution in [1.82, 2.24) is 10.3 Å². The number of carbonyl (C=O) groups excluding carboxylic acids is 1. The van der Waals surface area contributed by atoms with Crippen LogP contribution < -0.4 is 5.43 Å². The molecular weight excluding hydrogens is 417 g/mol. The summed E-state index contributed by atoms with van der Waals surface area (Å²) >= 11 is 5.77. The third-order valence-electron chi connectivity index (χ3n) is 5.62. The van der Waals surface area contributed by atoms with Gasteiger partial charge < -0.3 is 4.74 Å². The number of amides is 1. The summed E-state index contributed by atoms with van der Waals surface area (Å²) in [7, 11) is 0. The average Bonchev–Trinajstić information content (AvgIpc) is 3.17. The van der Waals surface area contributed by atoms with Crippen LogP contribution in [0.1, 0.15) is 51.2 Å². The fourth-order valence-corrected chi connectivity index (χ4v) is 4.19. The number of carbonyl (C=O) groups is 1. The minimum atomic E-state index is -0.515. The number of hydrogen-bond acceptors (Lipinski definition) is 4. The molecule has 1 saturated heterocycles. The normalized spacial score (nSPS) is 24.2. The van der Waals surface area contributed by atoms with Crippen LogP contribution >= 0.6 is 11.6 Å². The lowest BCUT2D eigenvalue weighted by atomic mass is 9.89. The molecule has 31 heavy (non-hydrogen) atoms. The Balaban J connectivity index is 1.77. The van der Waals surface area contributed by atoms with Gasteiger partial charge in [0.25, 0.3) is 0 Å². The molecule has 2 heterocycles. The summed E-state index contributed by atoms with van der Waals surface area (Å²) in [5, 5.41) is 4.63. The molecule has 0 bridgehead atoms. The van der Waals surface area contributed by atoms with Crippen LogP contribution in [-0.4, -0.2) is 29.4 Å². The molecule has 1 fully saturated rings. The van der Waals surface area contributed by atoms with Crippen molar-refractivity contribution in [2.45, 2.75) is 51.8 Å². The van der Waals surface area contributed by atoms with Crippen LogP contribution in [0, 0.1) is 11.7 Å². The van der Waals surface area contributed by atoms with Gasteiger partial charge in [-0.25, -0.2) is 9.18 Å². The van der Waals surface area contributed by atoms with E-state index in [-0.39, 0.29) is 17.1 Å². The number of cyclic esters (lactones) is 1. The van der Waals surface area contributed by atoms with Crippen LogP contribution in [0.4, 0.5) is 9.18 Å². The average molecular weight is 446 g/mol. The molecule has 166 valence electrons. The van der Waals surface area contributed by atoms with Gasteiger partial charge in [0, 0.05) is 18.9 Å². The Morgan fingerprint density at radius 3 is 2.94 bits per heavy atom. The van der Waals surface area contributed by atoms with E-state index >= 15 is 0 Å². The van der Waals surface area contributed by atoms with Crippen molar-refractivity contribution in [3.63, 3.8) is 0 Å². The molecule has 1 aromatic carbocycles. The number of benzene rings is 1. The van der Waals surface area contributed by atoms with Crippen LogP contribution in [0.25, 0.3) is 0 Å². The van der Waals surface area contributed by atoms with Crippen molar-refractivity contribution in [3.8, 4) is 0 Å². The van der Waals surface area contributed by atoms with E-state index in [1.807, 2.05) is 25.2 Å². The van der Waals surface area contributed by atoms with E-state index in [0.29, 0.717) is 18.5 Å². The van der Waals surface area contributed by atoms with E-state index in [4.69, 9.17) is 16.3 Å². The fourth-order valence-electron chi connectivity index (χ4n) is 4.07. The fraction of sp³-hybridized carbons (Fsp3) is 0.417. The highest BCUT2D eigenvalue weighted by molar-refractivity contribution is 6.30. The molecule has 1 amide bonds. The molecule has 3 rings (SSSR count). The van der Waals surface area contributed by atoms with E-state index in [9.17, 15) is 9.18 Å². The van der Waals surface area contributed by atoms with Crippen molar-refractivity contribution in [3.05, 3.63) is 71.1 Å². The van der Waals surface area contributed by atoms with Crippen molar-refractivity contribution in [1.29, 1.82) is 0 Å². The SMILES string of the molecule is C=C/C=C(\C=C/C)C1=NNC(N2CCC(c3ccc(Cl)c(F)c3)OC2=O)C1CCCC. The van der Waals surface area contributed by atoms with Gasteiger partial charge in [0.1, 0.15) is 18.1 Å². The smallest absolute Gasteiger partial charge is 0.412 e. The van der Waals surface area contributed by atoms with E-state index in [1.54, 1.807) is 17.0 Å². The molecule has 1 aromatic rings. The molecule has 0 radical (unpaired) electrons. The molecule has 3 atom stereocenters. The first kappa shape index (κ1) is 23.1. The van der Waals surface area contributed by atoms with Gasteiger partial charge in [-0.2, -0.15) is 5.10 Å². The second-order valence-electron chi connectivity index (χ2n) is 7.71.